The van der Waals surface area contributed by atoms with Gasteiger partial charge in [-0.1, -0.05) is 41.9 Å². The number of nitrogens with zero attached hydrogens (tertiary/aromatic N) is 1. The van der Waals surface area contributed by atoms with Gasteiger partial charge in [-0.3, -0.25) is 0 Å². The first-order valence-corrected chi connectivity index (χ1v) is 8.28. The Bertz CT molecular complexity index is 673. The Labute approximate surface area is 148 Å². The highest BCUT2D eigenvalue weighted by Gasteiger charge is 2.17. The lowest BCUT2D eigenvalue weighted by atomic mass is 10.1. The van der Waals surface area contributed by atoms with Crippen LogP contribution in [0.15, 0.2) is 48.5 Å². The van der Waals surface area contributed by atoms with Crippen molar-refractivity contribution in [3.63, 3.8) is 0 Å². The van der Waals surface area contributed by atoms with E-state index in [1.165, 1.54) is 5.56 Å². The Kier molecular flexibility index (Phi) is 6.39. The van der Waals surface area contributed by atoms with Crippen molar-refractivity contribution in [1.29, 1.82) is 0 Å². The fourth-order valence-electron chi connectivity index (χ4n) is 2.40. The van der Waals surface area contributed by atoms with Gasteiger partial charge in [0.1, 0.15) is 0 Å². The molecule has 0 fully saturated rings. The molecule has 122 valence electrons. The van der Waals surface area contributed by atoms with E-state index < -0.39 is 0 Å². The van der Waals surface area contributed by atoms with Gasteiger partial charge in [-0.25, -0.2) is 0 Å². The van der Waals surface area contributed by atoms with Gasteiger partial charge >= 0.3 is 0 Å². The van der Waals surface area contributed by atoms with Gasteiger partial charge in [-0.15, -0.1) is 0 Å². The second-order valence-corrected chi connectivity index (χ2v) is 6.52. The van der Waals surface area contributed by atoms with Crippen LogP contribution in [-0.2, 0) is 0 Å². The zero-order valence-corrected chi connectivity index (χ0v) is 15.2. The molecule has 0 saturated carbocycles. The highest BCUT2D eigenvalue weighted by molar-refractivity contribution is 7.80. The number of hydrogen-bond donors (Lipinski definition) is 2. The van der Waals surface area contributed by atoms with Crippen LogP contribution in [0.2, 0.25) is 5.02 Å². The van der Waals surface area contributed by atoms with Crippen LogP contribution < -0.4 is 10.6 Å². The van der Waals surface area contributed by atoms with Crippen molar-refractivity contribution < 1.29 is 0 Å². The van der Waals surface area contributed by atoms with Crippen LogP contribution >= 0.6 is 23.8 Å². The van der Waals surface area contributed by atoms with Crippen LogP contribution in [0.4, 0.5) is 5.69 Å². The molecular formula is C18H22ClN3S. The normalized spacial score (nSPS) is 12.0. The number of rotatable bonds is 5. The molecule has 2 N–H and O–H groups in total. The van der Waals surface area contributed by atoms with E-state index in [1.807, 2.05) is 50.5 Å². The van der Waals surface area contributed by atoms with Crippen LogP contribution in [0.5, 0.6) is 0 Å². The first-order chi connectivity index (χ1) is 11.0. The SMILES string of the molecule is Cc1cccc(NC(=S)NC[C@@H](c2ccccc2Cl)N(C)C)c1. The fourth-order valence-corrected chi connectivity index (χ4v) is 2.87. The number of hydrogen-bond acceptors (Lipinski definition) is 2. The highest BCUT2D eigenvalue weighted by Crippen LogP contribution is 2.25. The zero-order chi connectivity index (χ0) is 16.8. The van der Waals surface area contributed by atoms with Crippen LogP contribution in [0.1, 0.15) is 17.2 Å². The minimum atomic E-state index is 0.140. The minimum absolute atomic E-state index is 0.140. The summed E-state index contributed by atoms with van der Waals surface area (Å²) in [5, 5.41) is 7.86. The molecule has 0 heterocycles. The summed E-state index contributed by atoms with van der Waals surface area (Å²) in [7, 11) is 4.07. The van der Waals surface area contributed by atoms with E-state index >= 15 is 0 Å². The lowest BCUT2D eigenvalue weighted by Crippen LogP contribution is -2.36. The van der Waals surface area contributed by atoms with Gasteiger partial charge in [0, 0.05) is 17.3 Å². The van der Waals surface area contributed by atoms with E-state index in [-0.39, 0.29) is 6.04 Å². The first-order valence-electron chi connectivity index (χ1n) is 7.49. The summed E-state index contributed by atoms with van der Waals surface area (Å²) in [5.41, 5.74) is 3.27. The van der Waals surface area contributed by atoms with Gasteiger partial charge in [0.25, 0.3) is 0 Å². The van der Waals surface area contributed by atoms with E-state index in [1.54, 1.807) is 0 Å². The van der Waals surface area contributed by atoms with Gasteiger partial charge in [0.2, 0.25) is 0 Å². The van der Waals surface area contributed by atoms with E-state index in [0.717, 1.165) is 16.3 Å². The topological polar surface area (TPSA) is 27.3 Å². The second-order valence-electron chi connectivity index (χ2n) is 5.71. The minimum Gasteiger partial charge on any atom is -0.361 e. The lowest BCUT2D eigenvalue weighted by Gasteiger charge is -2.26. The quantitative estimate of drug-likeness (QED) is 0.791. The van der Waals surface area contributed by atoms with Crippen molar-refractivity contribution in [2.75, 3.05) is 26.0 Å². The van der Waals surface area contributed by atoms with Gasteiger partial charge < -0.3 is 15.5 Å². The van der Waals surface area contributed by atoms with Crippen LogP contribution in [0, 0.1) is 6.92 Å². The van der Waals surface area contributed by atoms with E-state index in [2.05, 4.69) is 34.6 Å². The third-order valence-electron chi connectivity index (χ3n) is 3.62. The van der Waals surface area contributed by atoms with Crippen LogP contribution in [-0.4, -0.2) is 30.7 Å². The Morgan fingerprint density at radius 1 is 1.17 bits per heavy atom. The summed E-state index contributed by atoms with van der Waals surface area (Å²) < 4.78 is 0. The summed E-state index contributed by atoms with van der Waals surface area (Å²) in [6.45, 7) is 2.73. The van der Waals surface area contributed by atoms with Gasteiger partial charge in [0.15, 0.2) is 5.11 Å². The third-order valence-corrected chi connectivity index (χ3v) is 4.21. The Morgan fingerprint density at radius 3 is 2.57 bits per heavy atom. The maximum absolute atomic E-state index is 6.32. The monoisotopic (exact) mass is 347 g/mol. The van der Waals surface area contributed by atoms with Crippen molar-refractivity contribution in [1.82, 2.24) is 10.2 Å². The molecule has 0 spiro atoms. The summed E-state index contributed by atoms with van der Waals surface area (Å²) in [5.74, 6) is 0. The number of benzene rings is 2. The maximum atomic E-state index is 6.32. The fraction of sp³-hybridized carbons (Fsp3) is 0.278. The molecule has 2 rings (SSSR count). The van der Waals surface area contributed by atoms with Crippen LogP contribution in [0.3, 0.4) is 0 Å². The van der Waals surface area contributed by atoms with E-state index in [9.17, 15) is 0 Å². The predicted octanol–water partition coefficient (Wildman–Crippen LogP) is 4.24. The molecule has 0 amide bonds. The highest BCUT2D eigenvalue weighted by atomic mass is 35.5. The molecule has 0 aliphatic carbocycles. The summed E-state index contributed by atoms with van der Waals surface area (Å²) >= 11 is 11.7. The molecule has 0 aliphatic rings. The van der Waals surface area contributed by atoms with Crippen molar-refractivity contribution >= 4 is 34.6 Å². The largest absolute Gasteiger partial charge is 0.361 e. The summed E-state index contributed by atoms with van der Waals surface area (Å²) in [6.07, 6.45) is 0. The molecule has 1 atom stereocenters. The smallest absolute Gasteiger partial charge is 0.170 e. The zero-order valence-electron chi connectivity index (χ0n) is 13.6. The van der Waals surface area contributed by atoms with Crippen LogP contribution in [0.25, 0.3) is 0 Å². The Morgan fingerprint density at radius 2 is 1.91 bits per heavy atom. The van der Waals surface area contributed by atoms with Crippen molar-refractivity contribution in [3.05, 3.63) is 64.7 Å². The standard InChI is InChI=1S/C18H22ClN3S/c1-13-7-6-8-14(11-13)21-18(23)20-12-17(22(2)3)15-9-4-5-10-16(15)19/h4-11,17H,12H2,1-3H3,(H2,20,21,23)/t17-/m0/s1. The number of halogens is 1. The first kappa shape index (κ1) is 17.7. The number of anilines is 1. The molecule has 0 bridgehead atoms. The number of aryl methyl sites for hydroxylation is 1. The van der Waals surface area contributed by atoms with Crippen molar-refractivity contribution in [2.24, 2.45) is 0 Å². The van der Waals surface area contributed by atoms with Gasteiger partial charge in [-0.2, -0.15) is 0 Å². The lowest BCUT2D eigenvalue weighted by molar-refractivity contribution is 0.299. The van der Waals surface area contributed by atoms with Gasteiger partial charge in [0.05, 0.1) is 6.04 Å². The number of likely N-dealkylation sites (N-methyl/N-ethyl adjacent to an activating group) is 1. The molecule has 0 saturated heterocycles. The molecular weight excluding hydrogens is 326 g/mol. The van der Waals surface area contributed by atoms with Gasteiger partial charge in [-0.05, 0) is 62.6 Å². The Hall–Kier alpha value is -1.62. The second kappa shape index (κ2) is 8.29. The third kappa shape index (κ3) is 5.20. The summed E-state index contributed by atoms with van der Waals surface area (Å²) in [6, 6.07) is 16.2. The molecule has 23 heavy (non-hydrogen) atoms. The molecule has 5 heteroatoms. The molecule has 2 aromatic rings. The predicted molar refractivity (Wildman–Crippen MR) is 103 cm³/mol. The molecule has 0 unspecified atom stereocenters. The molecule has 0 aromatic heterocycles. The molecule has 0 radical (unpaired) electrons. The average molecular weight is 348 g/mol. The van der Waals surface area contributed by atoms with E-state index in [4.69, 9.17) is 23.8 Å². The molecule has 2 aromatic carbocycles. The summed E-state index contributed by atoms with van der Waals surface area (Å²) in [4.78, 5) is 2.13. The average Bonchev–Trinajstić information content (AvgIpc) is 2.49. The molecule has 0 aliphatic heterocycles. The van der Waals surface area contributed by atoms with E-state index in [0.29, 0.717) is 11.7 Å². The van der Waals surface area contributed by atoms with Crippen molar-refractivity contribution in [2.45, 2.75) is 13.0 Å². The Balaban J connectivity index is 1.99. The number of nitrogens with one attached hydrogen (secondary N) is 2. The number of thiocarbonyl (C=S) groups is 1. The maximum Gasteiger partial charge on any atom is 0.170 e. The molecule has 3 nitrogen and oxygen atoms in total. The van der Waals surface area contributed by atoms with Crippen molar-refractivity contribution in [3.8, 4) is 0 Å².